The molecule has 1 aliphatic rings. The second-order valence-corrected chi connectivity index (χ2v) is 7.91. The number of carbonyl (C=O) groups excluding carboxylic acids is 4. The zero-order valence-corrected chi connectivity index (χ0v) is 18.8. The molecule has 0 bridgehead atoms. The van der Waals surface area contributed by atoms with Crippen molar-refractivity contribution in [1.29, 1.82) is 0 Å². The summed E-state index contributed by atoms with van der Waals surface area (Å²) in [5.74, 6) is -2.34. The summed E-state index contributed by atoms with van der Waals surface area (Å²) in [5, 5.41) is 2.70. The highest BCUT2D eigenvalue weighted by atomic mass is 16.5. The number of nitrogens with zero attached hydrogens (tertiary/aromatic N) is 1. The van der Waals surface area contributed by atoms with E-state index >= 15 is 0 Å². The normalized spacial score (nSPS) is 15.3. The largest absolute Gasteiger partial charge is 0.462 e. The van der Waals surface area contributed by atoms with E-state index in [-0.39, 0.29) is 18.9 Å². The van der Waals surface area contributed by atoms with E-state index in [4.69, 9.17) is 9.47 Å². The van der Waals surface area contributed by atoms with Crippen molar-refractivity contribution in [3.8, 4) is 0 Å². The number of para-hydroxylation sites is 1. The lowest BCUT2D eigenvalue weighted by Crippen LogP contribution is -2.28. The summed E-state index contributed by atoms with van der Waals surface area (Å²) in [6, 6.07) is 13.8. The number of ether oxygens (including phenoxy) is 2. The minimum absolute atomic E-state index is 0.000936. The molecule has 2 amide bonds. The summed E-state index contributed by atoms with van der Waals surface area (Å²) in [5.41, 5.74) is 2.53. The Hall–Kier alpha value is -3.68. The molecule has 1 heterocycles. The fourth-order valence-corrected chi connectivity index (χ4v) is 3.44. The minimum atomic E-state index is -0.664. The van der Waals surface area contributed by atoms with Crippen LogP contribution in [0.1, 0.15) is 42.1 Å². The Morgan fingerprint density at radius 2 is 1.79 bits per heavy atom. The molecule has 8 nitrogen and oxygen atoms in total. The Balaban J connectivity index is 1.51. The van der Waals surface area contributed by atoms with Crippen molar-refractivity contribution in [2.45, 2.75) is 33.1 Å². The predicted molar refractivity (Wildman–Crippen MR) is 123 cm³/mol. The summed E-state index contributed by atoms with van der Waals surface area (Å²) in [7, 11) is 0. The molecule has 0 spiro atoms. The number of nitrogens with one attached hydrogen (secondary N) is 1. The Kier molecular flexibility index (Phi) is 8.18. The van der Waals surface area contributed by atoms with Crippen LogP contribution in [0.2, 0.25) is 0 Å². The van der Waals surface area contributed by atoms with Crippen molar-refractivity contribution in [3.05, 3.63) is 59.7 Å². The Morgan fingerprint density at radius 1 is 1.06 bits per heavy atom. The van der Waals surface area contributed by atoms with Crippen LogP contribution in [0.25, 0.3) is 0 Å². The van der Waals surface area contributed by atoms with Gasteiger partial charge in [0, 0.05) is 24.3 Å². The number of carbonyl (C=O) groups is 4. The molecular formula is C25H28N2O6. The molecule has 0 radical (unpaired) electrons. The molecule has 1 aliphatic heterocycles. The highest BCUT2D eigenvalue weighted by molar-refractivity contribution is 6.00. The zero-order valence-electron chi connectivity index (χ0n) is 18.8. The van der Waals surface area contributed by atoms with Crippen molar-refractivity contribution in [3.63, 3.8) is 0 Å². The number of unbranched alkanes of at least 4 members (excludes halogenated alkanes) is 1. The molecule has 0 unspecified atom stereocenters. The van der Waals surface area contributed by atoms with Gasteiger partial charge in [0.1, 0.15) is 0 Å². The van der Waals surface area contributed by atoms with E-state index in [2.05, 4.69) is 5.32 Å². The van der Waals surface area contributed by atoms with Gasteiger partial charge in [-0.25, -0.2) is 4.79 Å². The molecule has 1 N–H and O–H groups in total. The van der Waals surface area contributed by atoms with E-state index in [1.54, 1.807) is 36.4 Å². The summed E-state index contributed by atoms with van der Waals surface area (Å²) in [6.45, 7) is 3.97. The molecule has 2 aromatic carbocycles. The fourth-order valence-electron chi connectivity index (χ4n) is 3.44. The molecule has 174 valence electrons. The molecule has 0 saturated carbocycles. The van der Waals surface area contributed by atoms with Gasteiger partial charge in [-0.05, 0) is 49.2 Å². The first-order chi connectivity index (χ1) is 15.9. The maximum absolute atomic E-state index is 12.4. The number of amides is 2. The predicted octanol–water partition coefficient (Wildman–Crippen LogP) is 3.49. The fraction of sp³-hybridized carbons (Fsp3) is 0.360. The van der Waals surface area contributed by atoms with Gasteiger partial charge in [-0.1, -0.05) is 31.5 Å². The third-order valence-electron chi connectivity index (χ3n) is 5.37. The van der Waals surface area contributed by atoms with Crippen LogP contribution in [0.4, 0.5) is 11.4 Å². The van der Waals surface area contributed by atoms with Crippen molar-refractivity contribution in [1.82, 2.24) is 0 Å². The van der Waals surface area contributed by atoms with Gasteiger partial charge in [-0.2, -0.15) is 0 Å². The molecule has 33 heavy (non-hydrogen) atoms. The van der Waals surface area contributed by atoms with Crippen molar-refractivity contribution in [2.24, 2.45) is 5.92 Å². The molecule has 1 atom stereocenters. The molecule has 3 rings (SSSR count). The lowest BCUT2D eigenvalue weighted by Gasteiger charge is -2.17. The maximum Gasteiger partial charge on any atom is 0.338 e. The number of hydrogen-bond donors (Lipinski definition) is 1. The van der Waals surface area contributed by atoms with Gasteiger partial charge in [-0.15, -0.1) is 0 Å². The third kappa shape index (κ3) is 6.41. The number of hydrogen-bond acceptors (Lipinski definition) is 6. The van der Waals surface area contributed by atoms with Crippen LogP contribution in [0.3, 0.4) is 0 Å². The number of esters is 2. The van der Waals surface area contributed by atoms with Crippen LogP contribution < -0.4 is 10.2 Å². The van der Waals surface area contributed by atoms with E-state index < -0.39 is 30.4 Å². The Morgan fingerprint density at radius 3 is 2.48 bits per heavy atom. The summed E-state index contributed by atoms with van der Waals surface area (Å²) < 4.78 is 10.3. The van der Waals surface area contributed by atoms with Gasteiger partial charge in [0.05, 0.1) is 18.1 Å². The summed E-state index contributed by atoms with van der Waals surface area (Å²) >= 11 is 0. The quantitative estimate of drug-likeness (QED) is 0.462. The number of rotatable bonds is 9. The Labute approximate surface area is 192 Å². The van der Waals surface area contributed by atoms with E-state index in [0.29, 0.717) is 23.5 Å². The van der Waals surface area contributed by atoms with Gasteiger partial charge in [0.25, 0.3) is 5.91 Å². The van der Waals surface area contributed by atoms with Gasteiger partial charge < -0.3 is 19.7 Å². The molecule has 8 heteroatoms. The highest BCUT2D eigenvalue weighted by Gasteiger charge is 2.36. The lowest BCUT2D eigenvalue weighted by atomic mass is 10.1. The topological polar surface area (TPSA) is 102 Å². The molecule has 1 saturated heterocycles. The van der Waals surface area contributed by atoms with Crippen LogP contribution in [0.5, 0.6) is 0 Å². The molecule has 0 aliphatic carbocycles. The average Bonchev–Trinajstić information content (AvgIpc) is 3.21. The van der Waals surface area contributed by atoms with E-state index in [1.165, 1.54) is 4.90 Å². The standard InChI is InChI=1S/C25H28N2O6/c1-3-4-13-32-24(30)18-9-11-20(12-10-18)27-15-19(14-23(27)29)25(31)33-16-22(28)26-21-8-6-5-7-17(21)2/h5-12,19H,3-4,13-16H2,1-2H3,(H,26,28)/t19-/m1/s1. The zero-order chi connectivity index (χ0) is 23.8. The van der Waals surface area contributed by atoms with Crippen molar-refractivity contribution < 1.29 is 28.7 Å². The van der Waals surface area contributed by atoms with Crippen LogP contribution in [0, 0.1) is 12.8 Å². The van der Waals surface area contributed by atoms with Crippen molar-refractivity contribution >= 4 is 35.1 Å². The summed E-state index contributed by atoms with van der Waals surface area (Å²) in [4.78, 5) is 50.5. The van der Waals surface area contributed by atoms with Crippen LogP contribution >= 0.6 is 0 Å². The molecule has 2 aromatic rings. The highest BCUT2D eigenvalue weighted by Crippen LogP contribution is 2.26. The summed E-state index contributed by atoms with van der Waals surface area (Å²) in [6.07, 6.45) is 1.74. The maximum atomic E-state index is 12.4. The minimum Gasteiger partial charge on any atom is -0.462 e. The first kappa shape index (κ1) is 24.0. The van der Waals surface area contributed by atoms with Gasteiger partial charge in [-0.3, -0.25) is 14.4 Å². The molecule has 0 aromatic heterocycles. The average molecular weight is 453 g/mol. The van der Waals surface area contributed by atoms with E-state index in [0.717, 1.165) is 18.4 Å². The van der Waals surface area contributed by atoms with E-state index in [1.807, 2.05) is 26.0 Å². The third-order valence-corrected chi connectivity index (χ3v) is 5.37. The molecular weight excluding hydrogens is 424 g/mol. The number of anilines is 2. The van der Waals surface area contributed by atoms with Crippen LogP contribution in [-0.4, -0.2) is 43.5 Å². The SMILES string of the molecule is CCCCOC(=O)c1ccc(N2C[C@H](C(=O)OCC(=O)Nc3ccccc3C)CC2=O)cc1. The molecule has 1 fully saturated rings. The van der Waals surface area contributed by atoms with Crippen LogP contribution in [-0.2, 0) is 23.9 Å². The first-order valence-corrected chi connectivity index (χ1v) is 11.0. The number of benzene rings is 2. The lowest BCUT2D eigenvalue weighted by molar-refractivity contribution is -0.151. The van der Waals surface area contributed by atoms with Gasteiger partial charge in [0.2, 0.25) is 5.91 Å². The second-order valence-electron chi connectivity index (χ2n) is 7.91. The second kappa shape index (κ2) is 11.3. The van der Waals surface area contributed by atoms with Gasteiger partial charge in [0.15, 0.2) is 6.61 Å². The van der Waals surface area contributed by atoms with Crippen LogP contribution in [0.15, 0.2) is 48.5 Å². The van der Waals surface area contributed by atoms with E-state index in [9.17, 15) is 19.2 Å². The monoisotopic (exact) mass is 452 g/mol. The first-order valence-electron chi connectivity index (χ1n) is 11.0. The van der Waals surface area contributed by atoms with Crippen molar-refractivity contribution in [2.75, 3.05) is 30.0 Å². The number of aryl methyl sites for hydroxylation is 1. The Bertz CT molecular complexity index is 1020. The van der Waals surface area contributed by atoms with Gasteiger partial charge >= 0.3 is 11.9 Å². The smallest absolute Gasteiger partial charge is 0.338 e.